The third-order valence-electron chi connectivity index (χ3n) is 4.33. The Morgan fingerprint density at radius 1 is 0.839 bits per heavy atom. The van der Waals surface area contributed by atoms with Crippen LogP contribution in [0.5, 0.6) is 17.2 Å². The molecule has 0 heterocycles. The maximum absolute atomic E-state index is 13.3. The van der Waals surface area contributed by atoms with E-state index in [4.69, 9.17) is 14.2 Å². The number of sulfonamides is 1. The molecule has 0 atom stereocenters. The summed E-state index contributed by atoms with van der Waals surface area (Å²) in [5, 5.41) is 0. The van der Waals surface area contributed by atoms with E-state index in [-0.39, 0.29) is 11.5 Å². The van der Waals surface area contributed by atoms with Gasteiger partial charge in [0.15, 0.2) is 0 Å². The van der Waals surface area contributed by atoms with Crippen LogP contribution in [-0.4, -0.2) is 34.6 Å². The van der Waals surface area contributed by atoms with Gasteiger partial charge in [-0.25, -0.2) is 8.42 Å². The molecule has 0 aliphatic rings. The van der Waals surface area contributed by atoms with Crippen LogP contribution in [0.25, 0.3) is 0 Å². The lowest BCUT2D eigenvalue weighted by Crippen LogP contribution is -2.36. The van der Waals surface area contributed by atoms with Gasteiger partial charge in [0, 0.05) is 0 Å². The number of benzene rings is 3. The molecule has 162 valence electrons. The van der Waals surface area contributed by atoms with Crippen molar-refractivity contribution in [1.82, 2.24) is 0 Å². The van der Waals surface area contributed by atoms with Gasteiger partial charge in [-0.3, -0.25) is 9.10 Å². The molecular weight excluding hydrogens is 418 g/mol. The first-order valence-electron chi connectivity index (χ1n) is 9.59. The van der Waals surface area contributed by atoms with Gasteiger partial charge >= 0.3 is 5.97 Å². The lowest BCUT2D eigenvalue weighted by atomic mass is 10.3. The Morgan fingerprint density at radius 3 is 2.00 bits per heavy atom. The fourth-order valence-corrected chi connectivity index (χ4v) is 4.23. The molecular formula is C23H23NO6S. The highest BCUT2D eigenvalue weighted by atomic mass is 32.2. The fourth-order valence-electron chi connectivity index (χ4n) is 2.82. The van der Waals surface area contributed by atoms with Crippen LogP contribution in [0, 0.1) is 0 Å². The zero-order valence-corrected chi connectivity index (χ0v) is 18.0. The average molecular weight is 442 g/mol. The second-order valence-electron chi connectivity index (χ2n) is 6.40. The first-order valence-corrected chi connectivity index (χ1v) is 11.0. The second-order valence-corrected chi connectivity index (χ2v) is 8.26. The number of esters is 1. The smallest absolute Gasteiger partial charge is 0.326 e. The van der Waals surface area contributed by atoms with Crippen molar-refractivity contribution in [3.63, 3.8) is 0 Å². The van der Waals surface area contributed by atoms with Crippen LogP contribution in [0.1, 0.15) is 6.92 Å². The van der Waals surface area contributed by atoms with Crippen molar-refractivity contribution >= 4 is 21.7 Å². The molecule has 7 nitrogen and oxygen atoms in total. The van der Waals surface area contributed by atoms with Crippen LogP contribution in [0.4, 0.5) is 5.69 Å². The van der Waals surface area contributed by atoms with E-state index < -0.39 is 22.5 Å². The number of ether oxygens (including phenoxy) is 3. The summed E-state index contributed by atoms with van der Waals surface area (Å²) in [7, 11) is -2.53. The fraction of sp³-hybridized carbons (Fsp3) is 0.174. The minimum Gasteiger partial charge on any atom is -0.497 e. The van der Waals surface area contributed by atoms with Crippen LogP contribution in [0.3, 0.4) is 0 Å². The molecule has 0 spiro atoms. The van der Waals surface area contributed by atoms with Crippen molar-refractivity contribution in [2.75, 3.05) is 24.6 Å². The van der Waals surface area contributed by atoms with Crippen molar-refractivity contribution < 1.29 is 27.4 Å². The van der Waals surface area contributed by atoms with Gasteiger partial charge in [-0.05, 0) is 67.6 Å². The lowest BCUT2D eigenvalue weighted by molar-refractivity contribution is -0.141. The maximum atomic E-state index is 13.3. The zero-order valence-electron chi connectivity index (χ0n) is 17.2. The normalized spacial score (nSPS) is 10.9. The Bertz CT molecular complexity index is 1100. The Kier molecular flexibility index (Phi) is 7.15. The van der Waals surface area contributed by atoms with Gasteiger partial charge in [-0.1, -0.05) is 18.2 Å². The molecule has 0 aliphatic carbocycles. The van der Waals surface area contributed by atoms with Crippen LogP contribution in [-0.2, 0) is 19.6 Å². The molecule has 3 rings (SSSR count). The van der Waals surface area contributed by atoms with Crippen LogP contribution in [0.2, 0.25) is 0 Å². The van der Waals surface area contributed by atoms with Crippen molar-refractivity contribution in [3.05, 3.63) is 78.9 Å². The van der Waals surface area contributed by atoms with Crippen molar-refractivity contribution in [2.45, 2.75) is 11.8 Å². The third-order valence-corrected chi connectivity index (χ3v) is 6.12. The van der Waals surface area contributed by atoms with E-state index in [1.54, 1.807) is 43.3 Å². The summed E-state index contributed by atoms with van der Waals surface area (Å²) in [6.45, 7) is 1.36. The molecule has 31 heavy (non-hydrogen) atoms. The molecule has 0 aromatic heterocycles. The molecule has 0 radical (unpaired) electrons. The van der Waals surface area contributed by atoms with E-state index in [0.29, 0.717) is 22.9 Å². The number of nitrogens with zero attached hydrogens (tertiary/aromatic N) is 1. The van der Waals surface area contributed by atoms with E-state index in [1.165, 1.54) is 19.2 Å². The first kappa shape index (κ1) is 22.2. The highest BCUT2D eigenvalue weighted by Gasteiger charge is 2.28. The predicted molar refractivity (Wildman–Crippen MR) is 117 cm³/mol. The van der Waals surface area contributed by atoms with Gasteiger partial charge in [-0.2, -0.15) is 0 Å². The van der Waals surface area contributed by atoms with Gasteiger partial charge in [0.25, 0.3) is 10.0 Å². The average Bonchev–Trinajstić information content (AvgIpc) is 2.79. The minimum atomic E-state index is -4.03. The molecule has 0 bridgehead atoms. The van der Waals surface area contributed by atoms with Gasteiger partial charge in [-0.15, -0.1) is 0 Å². The molecule has 3 aromatic rings. The number of hydrogen-bond acceptors (Lipinski definition) is 6. The van der Waals surface area contributed by atoms with Crippen molar-refractivity contribution in [3.8, 4) is 17.2 Å². The lowest BCUT2D eigenvalue weighted by Gasteiger charge is -2.24. The molecule has 0 amide bonds. The summed E-state index contributed by atoms with van der Waals surface area (Å²) in [5.74, 6) is 1.07. The Labute approximate surface area is 181 Å². The number of anilines is 1. The molecule has 0 saturated carbocycles. The SMILES string of the molecule is CCOC(=O)CN(c1ccc(Oc2ccccc2)cc1)S(=O)(=O)c1ccc(OC)cc1. The third kappa shape index (κ3) is 5.55. The first-order chi connectivity index (χ1) is 14.9. The quantitative estimate of drug-likeness (QED) is 0.462. The maximum Gasteiger partial charge on any atom is 0.326 e. The number of para-hydroxylation sites is 1. The summed E-state index contributed by atoms with van der Waals surface area (Å²) in [4.78, 5) is 12.2. The molecule has 0 aliphatic heterocycles. The van der Waals surface area contributed by atoms with Gasteiger partial charge in [0.2, 0.25) is 0 Å². The summed E-state index contributed by atoms with van der Waals surface area (Å²) in [6.07, 6.45) is 0. The van der Waals surface area contributed by atoms with Crippen LogP contribution in [0.15, 0.2) is 83.8 Å². The summed E-state index contributed by atoms with van der Waals surface area (Å²) < 4.78 is 43.4. The van der Waals surface area contributed by atoms with E-state index in [1.807, 2.05) is 30.3 Å². The summed E-state index contributed by atoms with van der Waals surface area (Å²) >= 11 is 0. The Hall–Kier alpha value is -3.52. The number of carbonyl (C=O) groups is 1. The van der Waals surface area contributed by atoms with E-state index in [2.05, 4.69) is 0 Å². The molecule has 0 fully saturated rings. The molecule has 0 saturated heterocycles. The van der Waals surface area contributed by atoms with Crippen molar-refractivity contribution in [1.29, 1.82) is 0 Å². The predicted octanol–water partition coefficient (Wildman–Crippen LogP) is 4.25. The molecule has 0 N–H and O–H groups in total. The standard InChI is InChI=1S/C23H23NO6S/c1-3-29-23(25)17-24(31(26,27)22-15-13-19(28-2)14-16-22)18-9-11-21(12-10-18)30-20-7-5-4-6-8-20/h4-16H,3,17H2,1-2H3. The van der Waals surface area contributed by atoms with E-state index in [9.17, 15) is 13.2 Å². The van der Waals surface area contributed by atoms with Gasteiger partial charge in [0.1, 0.15) is 23.8 Å². The number of carbonyl (C=O) groups excluding carboxylic acids is 1. The highest BCUT2D eigenvalue weighted by molar-refractivity contribution is 7.92. The molecule has 0 unspecified atom stereocenters. The van der Waals surface area contributed by atoms with Gasteiger partial charge in [0.05, 0.1) is 24.3 Å². The molecule has 8 heteroatoms. The number of hydrogen-bond donors (Lipinski definition) is 0. The largest absolute Gasteiger partial charge is 0.497 e. The van der Waals surface area contributed by atoms with Crippen LogP contribution < -0.4 is 13.8 Å². The summed E-state index contributed by atoms with van der Waals surface area (Å²) in [5.41, 5.74) is 0.310. The Balaban J connectivity index is 1.91. The van der Waals surface area contributed by atoms with Crippen LogP contribution >= 0.6 is 0 Å². The monoisotopic (exact) mass is 441 g/mol. The summed E-state index contributed by atoms with van der Waals surface area (Å²) in [6, 6.07) is 21.6. The van der Waals surface area contributed by atoms with Gasteiger partial charge < -0.3 is 14.2 Å². The van der Waals surface area contributed by atoms with E-state index in [0.717, 1.165) is 4.31 Å². The molecule has 3 aromatic carbocycles. The second kappa shape index (κ2) is 9.99. The van der Waals surface area contributed by atoms with E-state index >= 15 is 0 Å². The number of rotatable bonds is 9. The highest BCUT2D eigenvalue weighted by Crippen LogP contribution is 2.28. The zero-order chi connectivity index (χ0) is 22.3. The van der Waals surface area contributed by atoms with Crippen molar-refractivity contribution in [2.24, 2.45) is 0 Å². The topological polar surface area (TPSA) is 82.1 Å². The number of methoxy groups -OCH3 is 1. The minimum absolute atomic E-state index is 0.0298. The Morgan fingerprint density at radius 2 is 1.42 bits per heavy atom.